The van der Waals surface area contributed by atoms with Crippen molar-refractivity contribution in [3.05, 3.63) is 59.8 Å². The molecule has 6 rings (SSSR count). The van der Waals surface area contributed by atoms with Crippen molar-refractivity contribution in [1.82, 2.24) is 25.0 Å². The number of benzene rings is 1. The number of carbonyl (C=O) groups excluding carboxylic acids is 3. The molecule has 3 amide bonds. The van der Waals surface area contributed by atoms with Crippen molar-refractivity contribution in [3.8, 4) is 5.88 Å². The molecule has 254 valence electrons. The Labute approximate surface area is 279 Å². The summed E-state index contributed by atoms with van der Waals surface area (Å²) in [6, 6.07) is 15.9. The fourth-order valence-electron chi connectivity index (χ4n) is 7.93. The Bertz CT molecular complexity index is 1340. The van der Waals surface area contributed by atoms with Gasteiger partial charge in [-0.2, -0.15) is 0 Å². The lowest BCUT2D eigenvalue weighted by molar-refractivity contribution is -0.139. The topological polar surface area (TPSA) is 104 Å². The van der Waals surface area contributed by atoms with E-state index < -0.39 is 0 Å². The van der Waals surface area contributed by atoms with Crippen molar-refractivity contribution >= 4 is 17.7 Å². The zero-order valence-corrected chi connectivity index (χ0v) is 27.7. The molecule has 1 aromatic carbocycles. The fraction of sp³-hybridized carbons (Fsp3) is 0.622. The van der Waals surface area contributed by atoms with E-state index in [0.717, 1.165) is 51.7 Å². The van der Waals surface area contributed by atoms with Gasteiger partial charge in [0.05, 0.1) is 19.8 Å². The standard InChI is InChI=1S/C37H51N5O5/c43-35(41-19-22-46-23-20-41)24-30-13-18-42-27-32(30)14-21-47-34-10-4-9-33(39-34)37(45)38-15-11-31-26-40(17-12-29(31)25-36(42)44)16-5-8-28-6-2-1-3-7-28/h1-4,6-7,9-10,29-32H,5,8,11-27H2,(H,38,45)/t29-,30-,31-,32-/m0/s1. The Morgan fingerprint density at radius 2 is 1.70 bits per heavy atom. The highest BCUT2D eigenvalue weighted by atomic mass is 16.5. The minimum Gasteiger partial charge on any atom is -0.478 e. The highest BCUT2D eigenvalue weighted by Gasteiger charge is 2.36. The molecule has 3 saturated heterocycles. The normalized spacial score (nSPS) is 26.5. The average Bonchev–Trinajstić information content (AvgIpc) is 3.10. The molecule has 0 radical (unpaired) electrons. The van der Waals surface area contributed by atoms with E-state index >= 15 is 0 Å². The van der Waals surface area contributed by atoms with Crippen molar-refractivity contribution in [2.75, 3.05) is 72.2 Å². The molecule has 10 nitrogen and oxygen atoms in total. The van der Waals surface area contributed by atoms with Gasteiger partial charge in [0.2, 0.25) is 17.7 Å². The van der Waals surface area contributed by atoms with E-state index in [1.165, 1.54) is 5.56 Å². The second-order valence-electron chi connectivity index (χ2n) is 13.8. The number of pyridine rings is 1. The van der Waals surface area contributed by atoms with Gasteiger partial charge in [0, 0.05) is 58.2 Å². The number of nitrogens with zero attached hydrogens (tertiary/aromatic N) is 4. The molecule has 1 aromatic heterocycles. The molecule has 4 aliphatic heterocycles. The molecule has 0 aliphatic carbocycles. The van der Waals surface area contributed by atoms with Crippen molar-refractivity contribution in [1.29, 1.82) is 0 Å². The van der Waals surface area contributed by atoms with Crippen LogP contribution in [0.25, 0.3) is 0 Å². The highest BCUT2D eigenvalue weighted by molar-refractivity contribution is 5.92. The SMILES string of the molecule is O=C1NCC[C@H]2CN(CCCc3ccccc3)CC[C@H]2CC(=O)N2CC[C@@H](CC(=O)N3CCOCC3)[C@@H](CCOc3cccc1n3)C2. The smallest absolute Gasteiger partial charge is 0.270 e. The summed E-state index contributed by atoms with van der Waals surface area (Å²) in [4.78, 5) is 51.2. The van der Waals surface area contributed by atoms with Crippen LogP contribution in [0.3, 0.4) is 0 Å². The van der Waals surface area contributed by atoms with Crippen LogP contribution in [-0.2, 0) is 20.7 Å². The molecular weight excluding hydrogens is 594 g/mol. The first-order valence-electron chi connectivity index (χ1n) is 17.8. The van der Waals surface area contributed by atoms with Crippen LogP contribution in [-0.4, -0.2) is 110 Å². The third-order valence-electron chi connectivity index (χ3n) is 10.7. The zero-order chi connectivity index (χ0) is 32.4. The number of hydrogen-bond acceptors (Lipinski definition) is 7. The maximum absolute atomic E-state index is 13.9. The number of morpholine rings is 1. The van der Waals surface area contributed by atoms with Crippen LogP contribution in [0, 0.1) is 23.7 Å². The lowest BCUT2D eigenvalue weighted by atomic mass is 9.79. The fourth-order valence-corrected chi connectivity index (χ4v) is 7.93. The van der Waals surface area contributed by atoms with Gasteiger partial charge in [-0.3, -0.25) is 14.4 Å². The van der Waals surface area contributed by atoms with Gasteiger partial charge in [0.15, 0.2) is 0 Å². The van der Waals surface area contributed by atoms with Crippen LogP contribution in [0.2, 0.25) is 0 Å². The number of ether oxygens (including phenoxy) is 2. The summed E-state index contributed by atoms with van der Waals surface area (Å²) in [6.07, 6.45) is 6.54. The number of likely N-dealkylation sites (tertiary alicyclic amines) is 1. The molecule has 4 aliphatic rings. The van der Waals surface area contributed by atoms with Crippen LogP contribution in [0.4, 0.5) is 0 Å². The second-order valence-corrected chi connectivity index (χ2v) is 13.8. The number of nitrogens with one attached hydrogen (secondary N) is 1. The Balaban J connectivity index is 1.13. The van der Waals surface area contributed by atoms with Gasteiger partial charge in [-0.05, 0) is 86.9 Å². The highest BCUT2D eigenvalue weighted by Crippen LogP contribution is 2.34. The Kier molecular flexibility index (Phi) is 11.8. The predicted octanol–water partition coefficient (Wildman–Crippen LogP) is 3.66. The second kappa shape index (κ2) is 16.6. The molecule has 0 spiro atoms. The minimum atomic E-state index is -0.202. The first kappa shape index (κ1) is 33.4. The van der Waals surface area contributed by atoms with Crippen LogP contribution >= 0.6 is 0 Å². The summed E-state index contributed by atoms with van der Waals surface area (Å²) in [6.45, 7) is 7.76. The van der Waals surface area contributed by atoms with Gasteiger partial charge >= 0.3 is 0 Å². The first-order valence-corrected chi connectivity index (χ1v) is 17.8. The van der Waals surface area contributed by atoms with E-state index in [1.54, 1.807) is 18.2 Å². The number of hydrogen-bond donors (Lipinski definition) is 1. The number of piperidine rings is 2. The van der Waals surface area contributed by atoms with Crippen LogP contribution < -0.4 is 10.1 Å². The van der Waals surface area contributed by atoms with E-state index in [4.69, 9.17) is 9.47 Å². The lowest BCUT2D eigenvalue weighted by Crippen LogP contribution is -2.48. The predicted molar refractivity (Wildman–Crippen MR) is 179 cm³/mol. The summed E-state index contributed by atoms with van der Waals surface area (Å²) < 4.78 is 11.5. The number of fused-ring (bicyclic) bond motifs is 5. The molecule has 1 N–H and O–H groups in total. The van der Waals surface area contributed by atoms with Crippen molar-refractivity contribution < 1.29 is 23.9 Å². The molecule has 0 unspecified atom stereocenters. The number of aryl methyl sites for hydroxylation is 1. The summed E-state index contributed by atoms with van der Waals surface area (Å²) in [7, 11) is 0. The summed E-state index contributed by atoms with van der Waals surface area (Å²) in [5.41, 5.74) is 1.72. The number of aromatic nitrogens is 1. The molecule has 4 bridgehead atoms. The summed E-state index contributed by atoms with van der Waals surface area (Å²) >= 11 is 0. The Morgan fingerprint density at radius 1 is 0.851 bits per heavy atom. The van der Waals surface area contributed by atoms with E-state index in [0.29, 0.717) is 89.3 Å². The van der Waals surface area contributed by atoms with E-state index in [1.807, 2.05) is 4.90 Å². The van der Waals surface area contributed by atoms with E-state index in [9.17, 15) is 14.4 Å². The number of carbonyl (C=O) groups is 3. The number of amides is 3. The molecule has 3 fully saturated rings. The summed E-state index contributed by atoms with van der Waals surface area (Å²) in [5.74, 6) is 1.58. The molecule has 5 heterocycles. The summed E-state index contributed by atoms with van der Waals surface area (Å²) in [5, 5.41) is 3.08. The Morgan fingerprint density at radius 3 is 2.55 bits per heavy atom. The quantitative estimate of drug-likeness (QED) is 0.512. The van der Waals surface area contributed by atoms with Crippen molar-refractivity contribution in [3.63, 3.8) is 0 Å². The van der Waals surface area contributed by atoms with Gasteiger partial charge in [0.1, 0.15) is 5.69 Å². The molecule has 47 heavy (non-hydrogen) atoms. The molecule has 2 aromatic rings. The van der Waals surface area contributed by atoms with Crippen LogP contribution in [0.1, 0.15) is 61.0 Å². The van der Waals surface area contributed by atoms with Crippen LogP contribution in [0.15, 0.2) is 48.5 Å². The van der Waals surface area contributed by atoms with Crippen LogP contribution in [0.5, 0.6) is 5.88 Å². The number of rotatable bonds is 6. The van der Waals surface area contributed by atoms with Gasteiger partial charge < -0.3 is 29.5 Å². The monoisotopic (exact) mass is 645 g/mol. The van der Waals surface area contributed by atoms with Crippen molar-refractivity contribution in [2.24, 2.45) is 23.7 Å². The average molecular weight is 646 g/mol. The maximum Gasteiger partial charge on any atom is 0.270 e. The first-order chi connectivity index (χ1) is 23.0. The van der Waals surface area contributed by atoms with Gasteiger partial charge in [-0.1, -0.05) is 36.4 Å². The largest absolute Gasteiger partial charge is 0.478 e. The van der Waals surface area contributed by atoms with E-state index in [2.05, 4.69) is 50.4 Å². The maximum atomic E-state index is 13.9. The molecule has 4 atom stereocenters. The molecular formula is C37H51N5O5. The third-order valence-corrected chi connectivity index (χ3v) is 10.7. The lowest BCUT2D eigenvalue weighted by Gasteiger charge is -2.42. The van der Waals surface area contributed by atoms with E-state index in [-0.39, 0.29) is 35.5 Å². The van der Waals surface area contributed by atoms with Crippen molar-refractivity contribution in [2.45, 2.75) is 51.4 Å². The zero-order valence-electron chi connectivity index (χ0n) is 27.7. The minimum absolute atomic E-state index is 0.155. The Hall–Kier alpha value is -3.50. The third kappa shape index (κ3) is 9.32. The molecule has 0 saturated carbocycles. The van der Waals surface area contributed by atoms with Gasteiger partial charge in [-0.15, -0.1) is 0 Å². The van der Waals surface area contributed by atoms with Gasteiger partial charge in [0.25, 0.3) is 5.91 Å². The van der Waals surface area contributed by atoms with Gasteiger partial charge in [-0.25, -0.2) is 4.98 Å². The molecule has 10 heteroatoms.